The Morgan fingerprint density at radius 2 is 2.19 bits per heavy atom. The second-order valence-electron chi connectivity index (χ2n) is 4.00. The molecule has 0 aromatic rings. The smallest absolute Gasteiger partial charge is 0.234 e. The molecule has 0 rings (SSSR count). The zero-order chi connectivity index (χ0) is 12.4. The van der Waals surface area contributed by atoms with E-state index in [1.54, 1.807) is 6.08 Å². The van der Waals surface area contributed by atoms with E-state index >= 15 is 0 Å². The van der Waals surface area contributed by atoms with Crippen molar-refractivity contribution in [1.29, 1.82) is 0 Å². The molecule has 4 heteroatoms. The molecule has 0 saturated carbocycles. The fourth-order valence-electron chi connectivity index (χ4n) is 1.19. The quantitative estimate of drug-likeness (QED) is 0.456. The standard InChI is InChI=1S/C12H24N2O2/c1-5-7-13-8-12(15)14-11(10(3)4)9-16-6-2/h5,10-11,13H,1,6-9H2,2-4H3,(H,14,15). The van der Waals surface area contributed by atoms with Crippen molar-refractivity contribution in [2.45, 2.75) is 26.8 Å². The average molecular weight is 228 g/mol. The van der Waals surface area contributed by atoms with Gasteiger partial charge in [0.15, 0.2) is 0 Å². The molecule has 0 aliphatic rings. The third-order valence-corrected chi connectivity index (χ3v) is 2.23. The van der Waals surface area contributed by atoms with Gasteiger partial charge in [0.05, 0.1) is 19.2 Å². The first-order valence-corrected chi connectivity index (χ1v) is 5.80. The highest BCUT2D eigenvalue weighted by Gasteiger charge is 2.15. The lowest BCUT2D eigenvalue weighted by Crippen LogP contribution is -2.45. The molecule has 1 atom stereocenters. The molecule has 94 valence electrons. The van der Waals surface area contributed by atoms with Crippen LogP contribution in [-0.2, 0) is 9.53 Å². The van der Waals surface area contributed by atoms with Crippen LogP contribution in [0.4, 0.5) is 0 Å². The van der Waals surface area contributed by atoms with Gasteiger partial charge in [-0.1, -0.05) is 19.9 Å². The van der Waals surface area contributed by atoms with E-state index in [4.69, 9.17) is 4.74 Å². The third kappa shape index (κ3) is 7.43. The van der Waals surface area contributed by atoms with Crippen LogP contribution in [-0.4, -0.2) is 38.3 Å². The van der Waals surface area contributed by atoms with Gasteiger partial charge in [-0.3, -0.25) is 4.79 Å². The van der Waals surface area contributed by atoms with Crippen molar-refractivity contribution in [3.8, 4) is 0 Å². The number of hydrogen-bond donors (Lipinski definition) is 2. The van der Waals surface area contributed by atoms with Gasteiger partial charge in [-0.25, -0.2) is 0 Å². The summed E-state index contributed by atoms with van der Waals surface area (Å²) in [6.07, 6.45) is 1.73. The summed E-state index contributed by atoms with van der Waals surface area (Å²) < 4.78 is 5.33. The van der Waals surface area contributed by atoms with Crippen LogP contribution < -0.4 is 10.6 Å². The minimum atomic E-state index is 0.000234. The van der Waals surface area contributed by atoms with Crippen molar-refractivity contribution >= 4 is 5.91 Å². The van der Waals surface area contributed by atoms with E-state index in [-0.39, 0.29) is 11.9 Å². The summed E-state index contributed by atoms with van der Waals surface area (Å²) in [7, 11) is 0. The Balaban J connectivity index is 3.88. The molecule has 0 aliphatic heterocycles. The Bertz CT molecular complexity index is 205. The molecule has 4 nitrogen and oxygen atoms in total. The summed E-state index contributed by atoms with van der Waals surface area (Å²) in [5.41, 5.74) is 0. The van der Waals surface area contributed by atoms with Crippen LogP contribution in [0, 0.1) is 5.92 Å². The Hall–Kier alpha value is -0.870. The molecule has 0 radical (unpaired) electrons. The van der Waals surface area contributed by atoms with Gasteiger partial charge in [0.25, 0.3) is 0 Å². The monoisotopic (exact) mass is 228 g/mol. The summed E-state index contributed by atoms with van der Waals surface area (Å²) in [4.78, 5) is 11.5. The first-order valence-electron chi connectivity index (χ1n) is 5.80. The van der Waals surface area contributed by atoms with Gasteiger partial charge in [-0.2, -0.15) is 0 Å². The maximum atomic E-state index is 11.5. The molecule has 1 amide bonds. The van der Waals surface area contributed by atoms with Crippen molar-refractivity contribution in [2.75, 3.05) is 26.3 Å². The second kappa shape index (κ2) is 9.36. The van der Waals surface area contributed by atoms with E-state index < -0.39 is 0 Å². The highest BCUT2D eigenvalue weighted by molar-refractivity contribution is 5.78. The van der Waals surface area contributed by atoms with Gasteiger partial charge in [0.1, 0.15) is 0 Å². The zero-order valence-electron chi connectivity index (χ0n) is 10.6. The molecule has 16 heavy (non-hydrogen) atoms. The number of amides is 1. The first-order chi connectivity index (χ1) is 7.61. The Labute approximate surface area is 98.4 Å². The molecule has 0 saturated heterocycles. The Morgan fingerprint density at radius 3 is 2.69 bits per heavy atom. The fourth-order valence-corrected chi connectivity index (χ4v) is 1.19. The van der Waals surface area contributed by atoms with Crippen LogP contribution in [0.25, 0.3) is 0 Å². The van der Waals surface area contributed by atoms with E-state index in [1.807, 2.05) is 6.92 Å². The number of ether oxygens (including phenoxy) is 1. The SMILES string of the molecule is C=CCNCC(=O)NC(COCC)C(C)C. The van der Waals surface area contributed by atoms with Crippen LogP contribution in [0.15, 0.2) is 12.7 Å². The van der Waals surface area contributed by atoms with Crippen molar-refractivity contribution in [3.05, 3.63) is 12.7 Å². The number of carbonyl (C=O) groups excluding carboxylic acids is 1. The zero-order valence-corrected chi connectivity index (χ0v) is 10.6. The molecular weight excluding hydrogens is 204 g/mol. The van der Waals surface area contributed by atoms with E-state index in [2.05, 4.69) is 31.1 Å². The average Bonchev–Trinajstić information content (AvgIpc) is 2.24. The van der Waals surface area contributed by atoms with Gasteiger partial charge < -0.3 is 15.4 Å². The summed E-state index contributed by atoms with van der Waals surface area (Å²) in [5.74, 6) is 0.371. The number of nitrogens with one attached hydrogen (secondary N) is 2. The largest absolute Gasteiger partial charge is 0.380 e. The molecule has 0 aromatic heterocycles. The summed E-state index contributed by atoms with van der Waals surface area (Å²) in [5, 5.41) is 5.91. The van der Waals surface area contributed by atoms with E-state index in [1.165, 1.54) is 0 Å². The van der Waals surface area contributed by atoms with Gasteiger partial charge in [-0.05, 0) is 12.8 Å². The van der Waals surface area contributed by atoms with E-state index in [0.717, 1.165) is 0 Å². The van der Waals surface area contributed by atoms with Crippen molar-refractivity contribution in [2.24, 2.45) is 5.92 Å². The van der Waals surface area contributed by atoms with E-state index in [9.17, 15) is 4.79 Å². The lowest BCUT2D eigenvalue weighted by Gasteiger charge is -2.22. The topological polar surface area (TPSA) is 50.4 Å². The number of hydrogen-bond acceptors (Lipinski definition) is 3. The maximum Gasteiger partial charge on any atom is 0.234 e. The predicted molar refractivity (Wildman–Crippen MR) is 66.3 cm³/mol. The normalized spacial score (nSPS) is 12.5. The van der Waals surface area contributed by atoms with Crippen molar-refractivity contribution in [3.63, 3.8) is 0 Å². The fraction of sp³-hybridized carbons (Fsp3) is 0.750. The van der Waals surface area contributed by atoms with Gasteiger partial charge in [0, 0.05) is 13.2 Å². The van der Waals surface area contributed by atoms with E-state index in [0.29, 0.717) is 32.2 Å². The molecule has 0 fully saturated rings. The van der Waals surface area contributed by atoms with Crippen molar-refractivity contribution < 1.29 is 9.53 Å². The highest BCUT2D eigenvalue weighted by atomic mass is 16.5. The maximum absolute atomic E-state index is 11.5. The molecule has 0 bridgehead atoms. The lowest BCUT2D eigenvalue weighted by atomic mass is 10.1. The summed E-state index contributed by atoms with van der Waals surface area (Å²) >= 11 is 0. The Kier molecular flexibility index (Phi) is 8.85. The molecule has 0 spiro atoms. The highest BCUT2D eigenvalue weighted by Crippen LogP contribution is 2.01. The molecule has 0 heterocycles. The molecule has 0 aliphatic carbocycles. The minimum Gasteiger partial charge on any atom is -0.380 e. The summed E-state index contributed by atoms with van der Waals surface area (Å²) in [6.45, 7) is 11.9. The van der Waals surface area contributed by atoms with Crippen LogP contribution >= 0.6 is 0 Å². The van der Waals surface area contributed by atoms with Gasteiger partial charge in [0.2, 0.25) is 5.91 Å². The van der Waals surface area contributed by atoms with Crippen LogP contribution in [0.5, 0.6) is 0 Å². The molecule has 2 N–H and O–H groups in total. The molecular formula is C12H24N2O2. The number of carbonyl (C=O) groups is 1. The van der Waals surface area contributed by atoms with Gasteiger partial charge in [-0.15, -0.1) is 6.58 Å². The Morgan fingerprint density at radius 1 is 1.50 bits per heavy atom. The third-order valence-electron chi connectivity index (χ3n) is 2.23. The summed E-state index contributed by atoms with van der Waals surface area (Å²) in [6, 6.07) is 0.0815. The molecule has 0 aromatic carbocycles. The predicted octanol–water partition coefficient (Wildman–Crippen LogP) is 0.939. The van der Waals surface area contributed by atoms with Crippen LogP contribution in [0.3, 0.4) is 0 Å². The van der Waals surface area contributed by atoms with Crippen molar-refractivity contribution in [1.82, 2.24) is 10.6 Å². The van der Waals surface area contributed by atoms with Crippen LogP contribution in [0.1, 0.15) is 20.8 Å². The number of rotatable bonds is 9. The van der Waals surface area contributed by atoms with Crippen LogP contribution in [0.2, 0.25) is 0 Å². The molecule has 1 unspecified atom stereocenters. The second-order valence-corrected chi connectivity index (χ2v) is 4.00. The minimum absolute atomic E-state index is 0.000234. The lowest BCUT2D eigenvalue weighted by molar-refractivity contribution is -0.121. The first kappa shape index (κ1) is 15.1. The van der Waals surface area contributed by atoms with Gasteiger partial charge >= 0.3 is 0 Å².